The number of hydrogen-bond acceptors (Lipinski definition) is 11. The average Bonchev–Trinajstić information content (AvgIpc) is 3.56. The predicted octanol–water partition coefficient (Wildman–Crippen LogP) is -1.62. The van der Waals surface area contributed by atoms with E-state index in [-0.39, 0.29) is 24.3 Å². The van der Waals surface area contributed by atoms with Gasteiger partial charge < -0.3 is 57.7 Å². The molecule has 55 heavy (non-hydrogen) atoms. The zero-order valence-corrected chi connectivity index (χ0v) is 34.1. The largest absolute Gasteiger partial charge is 0.391 e. The third-order valence-corrected chi connectivity index (χ3v) is 13.7. The Morgan fingerprint density at radius 2 is 1.67 bits per heavy atom. The van der Waals surface area contributed by atoms with Crippen molar-refractivity contribution in [1.29, 1.82) is 0 Å². The number of likely N-dealkylation sites (N-methyl/N-ethyl adjacent to an activating group) is 2. The van der Waals surface area contributed by atoms with Crippen LogP contribution in [0.15, 0.2) is 30.5 Å². The van der Waals surface area contributed by atoms with Crippen LogP contribution in [0.1, 0.15) is 45.6 Å². The third-order valence-electron chi connectivity index (χ3n) is 9.65. The van der Waals surface area contributed by atoms with Gasteiger partial charge in [-0.25, -0.2) is 9.93 Å². The smallest absolute Gasteiger partial charge is 0.246 e. The summed E-state index contributed by atoms with van der Waals surface area (Å²) in [5.74, 6) is -3.42. The highest BCUT2D eigenvalue weighted by atomic mass is 33.1. The normalized spacial score (nSPS) is 26.4. The fraction of sp³-hybridized carbons (Fsp3) is 0.611. The number of aliphatic hydroxyl groups is 2. The Kier molecular flexibility index (Phi) is 18.2. The minimum atomic E-state index is -1.52. The quantitative estimate of drug-likeness (QED) is 0.0699. The fourth-order valence-electron chi connectivity index (χ4n) is 5.98. The number of nitrogens with two attached hydrogens (primary N) is 1. The van der Waals surface area contributed by atoms with Crippen LogP contribution in [0.5, 0.6) is 0 Å². The summed E-state index contributed by atoms with van der Waals surface area (Å²) in [5.41, 5.74) is 7.27. The number of aromatic amines is 1. The first-order chi connectivity index (χ1) is 26.1. The zero-order chi connectivity index (χ0) is 40.8. The van der Waals surface area contributed by atoms with Gasteiger partial charge in [-0.15, -0.1) is 10.8 Å². The maximum Gasteiger partial charge on any atom is 0.246 e. The van der Waals surface area contributed by atoms with Crippen LogP contribution in [0, 0.1) is 0 Å². The van der Waals surface area contributed by atoms with Gasteiger partial charge in [-0.2, -0.15) is 0 Å². The maximum atomic E-state index is 14.0. The SMILES string of the molecule is CN[C@H]1CS[SH](C)C[C@@H](C(=O)N(C)[C@H](C)[C@@H](C)O)NC(=O)C([C@@H](C)O)NC(=O)[C@H](CCCCN)NC(=O)[C@@H](Cc2c[nH]c3ccccc23)NC(=O)CNC1=O. The lowest BCUT2D eigenvalue weighted by molar-refractivity contribution is -0.139. The van der Waals surface area contributed by atoms with Crippen LogP contribution in [0.25, 0.3) is 10.9 Å². The van der Waals surface area contributed by atoms with Gasteiger partial charge in [0.2, 0.25) is 35.4 Å². The number of thiol groups is 1. The molecule has 1 saturated heterocycles. The number of carbonyl (C=O) groups is 6. The van der Waals surface area contributed by atoms with Crippen LogP contribution in [0.4, 0.5) is 0 Å². The molecule has 17 nitrogen and oxygen atoms in total. The molecule has 2 heterocycles. The van der Waals surface area contributed by atoms with E-state index < -0.39 is 100 Å². The number of nitrogens with zero attached hydrogens (tertiary/aromatic N) is 1. The highest BCUT2D eigenvalue weighted by Crippen LogP contribution is 2.38. The van der Waals surface area contributed by atoms with E-state index >= 15 is 0 Å². The Labute approximate surface area is 328 Å². The lowest BCUT2D eigenvalue weighted by Gasteiger charge is -2.33. The summed E-state index contributed by atoms with van der Waals surface area (Å²) >= 11 is 0. The molecule has 1 fully saturated rings. The molecule has 1 aromatic carbocycles. The predicted molar refractivity (Wildman–Crippen MR) is 216 cm³/mol. The monoisotopic (exact) mass is 809 g/mol. The number of H-pyrrole nitrogens is 1. The van der Waals surface area contributed by atoms with Crippen molar-refractivity contribution in [2.45, 2.75) is 94.9 Å². The number of hydrogen-bond donors (Lipinski definition) is 11. The molecule has 9 atom stereocenters. The van der Waals surface area contributed by atoms with E-state index in [1.165, 1.54) is 29.7 Å². The summed E-state index contributed by atoms with van der Waals surface area (Å²) in [6.45, 7) is 4.44. The molecule has 3 rings (SSSR count). The van der Waals surface area contributed by atoms with Crippen molar-refractivity contribution < 1.29 is 39.0 Å². The van der Waals surface area contributed by atoms with Gasteiger partial charge in [-0.1, -0.05) is 18.2 Å². The summed E-state index contributed by atoms with van der Waals surface area (Å²) in [6.07, 6.45) is 2.47. The molecule has 1 aliphatic rings. The summed E-state index contributed by atoms with van der Waals surface area (Å²) in [5, 5.41) is 38.1. The molecule has 1 aliphatic heterocycles. The maximum absolute atomic E-state index is 14.0. The van der Waals surface area contributed by atoms with Gasteiger partial charge in [0.15, 0.2) is 0 Å². The van der Waals surface area contributed by atoms with Crippen molar-refractivity contribution in [1.82, 2.24) is 41.8 Å². The van der Waals surface area contributed by atoms with Gasteiger partial charge in [0, 0.05) is 42.1 Å². The Bertz CT molecular complexity index is 1630. The molecule has 0 aliphatic carbocycles. The van der Waals surface area contributed by atoms with Crippen molar-refractivity contribution in [3.8, 4) is 0 Å². The topological polar surface area (TPSA) is 260 Å². The number of amides is 6. The van der Waals surface area contributed by atoms with Gasteiger partial charge in [-0.3, -0.25) is 28.8 Å². The van der Waals surface area contributed by atoms with Crippen LogP contribution >= 0.6 is 20.7 Å². The molecule has 1 aromatic heterocycles. The molecule has 2 aromatic rings. The Balaban J connectivity index is 2.02. The highest BCUT2D eigenvalue weighted by molar-refractivity contribution is 8.85. The summed E-state index contributed by atoms with van der Waals surface area (Å²) in [6, 6.07) is 1.13. The number of benzene rings is 1. The van der Waals surface area contributed by atoms with Gasteiger partial charge in [-0.05, 0) is 71.5 Å². The standard InChI is InChI=1S/C36H59N9O8S2/c1-20(21(2)46)45(5)36(53)29-19-55(6)54-18-28(38-4)32(49)40-17-30(48)41-27(15-23-16-39-25-12-8-7-11-24(23)25)34(51)42-26(13-9-10-14-37)33(50)44-31(22(3)47)35(52)43-29/h7-8,11-12,16,20-22,26-29,31,38-39,46-47,55H,9-10,13-15,17-19,37H2,1-6H3,(H,40,49)(H,41,48)(H,42,51)(H,43,52)(H,44,50)/t20-,21-,22-,26+,27-,28+,29+,31?/m1/s1. The first kappa shape index (κ1) is 45.5. The van der Waals surface area contributed by atoms with Gasteiger partial charge in [0.25, 0.3) is 0 Å². The van der Waals surface area contributed by atoms with E-state index in [0.29, 0.717) is 19.4 Å². The van der Waals surface area contributed by atoms with Crippen molar-refractivity contribution in [2.24, 2.45) is 5.73 Å². The van der Waals surface area contributed by atoms with Crippen LogP contribution in [-0.2, 0) is 35.2 Å². The summed E-state index contributed by atoms with van der Waals surface area (Å²) in [7, 11) is 3.48. The number of unbranched alkanes of at least 4 members (excludes halogenated alkanes) is 1. The Morgan fingerprint density at radius 3 is 2.33 bits per heavy atom. The summed E-state index contributed by atoms with van der Waals surface area (Å²) in [4.78, 5) is 86.6. The minimum Gasteiger partial charge on any atom is -0.391 e. The fourth-order valence-corrected chi connectivity index (χ4v) is 9.54. The van der Waals surface area contributed by atoms with Crippen LogP contribution in [0.3, 0.4) is 0 Å². The number of para-hydroxylation sites is 1. The first-order valence-electron chi connectivity index (χ1n) is 18.4. The zero-order valence-electron chi connectivity index (χ0n) is 32.4. The van der Waals surface area contributed by atoms with E-state index in [9.17, 15) is 39.0 Å². The lowest BCUT2D eigenvalue weighted by atomic mass is 10.0. The average molecular weight is 810 g/mol. The van der Waals surface area contributed by atoms with E-state index in [0.717, 1.165) is 16.5 Å². The van der Waals surface area contributed by atoms with Crippen molar-refractivity contribution >= 4 is 67.1 Å². The molecule has 0 radical (unpaired) electrons. The second-order valence-electron chi connectivity index (χ2n) is 13.9. The molecule has 0 spiro atoms. The van der Waals surface area contributed by atoms with E-state index in [1.54, 1.807) is 27.1 Å². The second-order valence-corrected chi connectivity index (χ2v) is 18.8. The second kappa shape index (κ2) is 22.0. The number of fused-ring (bicyclic) bond motifs is 1. The number of nitrogens with one attached hydrogen (secondary N) is 7. The first-order valence-corrected chi connectivity index (χ1v) is 22.0. The molecule has 11 N–H and O–H groups in total. The molecule has 308 valence electrons. The van der Waals surface area contributed by atoms with E-state index in [4.69, 9.17) is 5.73 Å². The lowest BCUT2D eigenvalue weighted by Crippen LogP contribution is -2.61. The van der Waals surface area contributed by atoms with Gasteiger partial charge >= 0.3 is 0 Å². The Morgan fingerprint density at radius 1 is 0.982 bits per heavy atom. The summed E-state index contributed by atoms with van der Waals surface area (Å²) < 4.78 is 0. The molecular weight excluding hydrogens is 751 g/mol. The Hall–Kier alpha value is -3.88. The van der Waals surface area contributed by atoms with E-state index in [2.05, 4.69) is 36.9 Å². The molecule has 2 unspecified atom stereocenters. The molecule has 6 amide bonds. The van der Waals surface area contributed by atoms with Crippen LogP contribution in [-0.4, -0.2) is 149 Å². The third kappa shape index (κ3) is 13.4. The number of aromatic nitrogens is 1. The molecular formula is C36H59N9O8S2. The highest BCUT2D eigenvalue weighted by Gasteiger charge is 2.36. The van der Waals surface area contributed by atoms with Crippen LogP contribution in [0.2, 0.25) is 0 Å². The van der Waals surface area contributed by atoms with Crippen molar-refractivity contribution in [2.75, 3.05) is 44.9 Å². The van der Waals surface area contributed by atoms with Gasteiger partial charge in [0.05, 0.1) is 30.8 Å². The number of rotatable bonds is 11. The van der Waals surface area contributed by atoms with E-state index in [1.807, 2.05) is 30.5 Å². The van der Waals surface area contributed by atoms with Gasteiger partial charge in [0.1, 0.15) is 24.2 Å². The molecule has 0 saturated carbocycles. The number of aliphatic hydroxyl groups excluding tert-OH is 2. The van der Waals surface area contributed by atoms with Crippen LogP contribution < -0.4 is 37.6 Å². The number of carbonyl (C=O) groups excluding carboxylic acids is 6. The van der Waals surface area contributed by atoms with Crippen molar-refractivity contribution in [3.63, 3.8) is 0 Å². The van der Waals surface area contributed by atoms with Crippen molar-refractivity contribution in [3.05, 3.63) is 36.0 Å². The molecule has 19 heteroatoms. The molecule has 0 bridgehead atoms. The minimum absolute atomic E-state index is 0.0404.